The molecule has 1 fully saturated rings. The lowest BCUT2D eigenvalue weighted by atomic mass is 9.98. The molecule has 2 atom stereocenters. The molecule has 1 aromatic carbocycles. The van der Waals surface area contributed by atoms with Crippen LogP contribution in [0.15, 0.2) is 24.3 Å². The number of ether oxygens (including phenoxy) is 2. The highest BCUT2D eigenvalue weighted by Gasteiger charge is 2.30. The van der Waals surface area contributed by atoms with Crippen LogP contribution in [-0.4, -0.2) is 72.8 Å². The van der Waals surface area contributed by atoms with E-state index in [1.54, 1.807) is 50.1 Å². The number of piperidine rings is 1. The van der Waals surface area contributed by atoms with E-state index in [1.807, 2.05) is 0 Å². The van der Waals surface area contributed by atoms with Crippen molar-refractivity contribution in [3.63, 3.8) is 0 Å². The van der Waals surface area contributed by atoms with Gasteiger partial charge in [0.15, 0.2) is 11.9 Å². The summed E-state index contributed by atoms with van der Waals surface area (Å²) in [5.74, 6) is -0.851. The molecule has 8 nitrogen and oxygen atoms in total. The molecule has 0 aromatic heterocycles. The summed E-state index contributed by atoms with van der Waals surface area (Å²) in [4.78, 5) is 51.7. The lowest BCUT2D eigenvalue weighted by Crippen LogP contribution is -2.48. The smallest absolute Gasteiger partial charge is 0.310 e. The second-order valence-electron chi connectivity index (χ2n) is 7.47. The Kier molecular flexibility index (Phi) is 8.38. The zero-order valence-corrected chi connectivity index (χ0v) is 18.1. The van der Waals surface area contributed by atoms with E-state index in [-0.39, 0.29) is 36.0 Å². The number of carbonyl (C=O) groups excluding carboxylic acids is 4. The van der Waals surface area contributed by atoms with Gasteiger partial charge in [0, 0.05) is 25.7 Å². The molecule has 1 aromatic rings. The highest BCUT2D eigenvalue weighted by molar-refractivity contribution is 5.94. The van der Waals surface area contributed by atoms with Crippen LogP contribution in [0.3, 0.4) is 0 Å². The van der Waals surface area contributed by atoms with E-state index in [9.17, 15) is 19.2 Å². The van der Waals surface area contributed by atoms with Gasteiger partial charge in [-0.1, -0.05) is 12.1 Å². The molecule has 1 aliphatic rings. The lowest BCUT2D eigenvalue weighted by molar-refractivity contribution is -0.152. The second kappa shape index (κ2) is 10.8. The molecule has 1 aliphatic heterocycles. The van der Waals surface area contributed by atoms with Gasteiger partial charge in [-0.3, -0.25) is 19.2 Å². The molecule has 2 unspecified atom stereocenters. The maximum atomic E-state index is 12.6. The van der Waals surface area contributed by atoms with E-state index in [4.69, 9.17) is 9.47 Å². The Morgan fingerprint density at radius 1 is 1.27 bits per heavy atom. The minimum absolute atomic E-state index is 0.0928. The summed E-state index contributed by atoms with van der Waals surface area (Å²) in [5.41, 5.74) is 0.497. The molecule has 1 heterocycles. The highest BCUT2D eigenvalue weighted by Crippen LogP contribution is 2.19. The van der Waals surface area contributed by atoms with Crippen LogP contribution < -0.4 is 4.74 Å². The summed E-state index contributed by atoms with van der Waals surface area (Å²) in [6.07, 6.45) is 0.596. The molecule has 0 N–H and O–H groups in total. The number of nitrogens with zero attached hydrogens (tertiary/aromatic N) is 2. The predicted molar refractivity (Wildman–Crippen MR) is 110 cm³/mol. The number of benzene rings is 1. The zero-order chi connectivity index (χ0) is 22.3. The van der Waals surface area contributed by atoms with Gasteiger partial charge in [0.2, 0.25) is 5.91 Å². The number of amides is 2. The predicted octanol–water partition coefficient (Wildman–Crippen LogP) is 1.92. The Morgan fingerprint density at radius 3 is 2.67 bits per heavy atom. The topological polar surface area (TPSA) is 93.2 Å². The number of hydrogen-bond acceptors (Lipinski definition) is 6. The molecule has 30 heavy (non-hydrogen) atoms. The highest BCUT2D eigenvalue weighted by atomic mass is 16.5. The fourth-order valence-corrected chi connectivity index (χ4v) is 3.39. The Labute approximate surface area is 177 Å². The number of carbonyl (C=O) groups is 4. The van der Waals surface area contributed by atoms with Crippen molar-refractivity contribution in [2.24, 2.45) is 5.92 Å². The van der Waals surface area contributed by atoms with E-state index in [0.29, 0.717) is 37.4 Å². The largest absolute Gasteiger partial charge is 0.481 e. The summed E-state index contributed by atoms with van der Waals surface area (Å²) in [6, 6.07) is 6.62. The third kappa shape index (κ3) is 6.30. The van der Waals surface area contributed by atoms with E-state index in [0.717, 1.165) is 6.42 Å². The third-order valence-corrected chi connectivity index (χ3v) is 5.04. The molecule has 164 valence electrons. The molecule has 8 heteroatoms. The van der Waals surface area contributed by atoms with Crippen LogP contribution in [0.25, 0.3) is 0 Å². The van der Waals surface area contributed by atoms with Crippen LogP contribution in [0.1, 0.15) is 44.0 Å². The van der Waals surface area contributed by atoms with E-state index in [1.165, 1.54) is 11.8 Å². The molecular weight excluding hydrogens is 388 g/mol. The summed E-state index contributed by atoms with van der Waals surface area (Å²) in [5, 5.41) is 0. The van der Waals surface area contributed by atoms with Crippen LogP contribution in [0.5, 0.6) is 5.75 Å². The van der Waals surface area contributed by atoms with Gasteiger partial charge in [-0.2, -0.15) is 0 Å². The van der Waals surface area contributed by atoms with Crippen molar-refractivity contribution in [3.05, 3.63) is 29.8 Å². The molecule has 0 bridgehead atoms. The maximum absolute atomic E-state index is 12.6. The molecule has 1 saturated heterocycles. The van der Waals surface area contributed by atoms with Crippen LogP contribution in [0, 0.1) is 5.92 Å². The second-order valence-corrected chi connectivity index (χ2v) is 7.47. The van der Waals surface area contributed by atoms with Gasteiger partial charge >= 0.3 is 5.97 Å². The molecular formula is C22H30N2O6. The van der Waals surface area contributed by atoms with Crippen LogP contribution in [0.2, 0.25) is 0 Å². The first-order valence-electron chi connectivity index (χ1n) is 10.2. The third-order valence-electron chi connectivity index (χ3n) is 5.04. The zero-order valence-electron chi connectivity index (χ0n) is 18.1. The molecule has 0 aliphatic carbocycles. The summed E-state index contributed by atoms with van der Waals surface area (Å²) >= 11 is 0. The van der Waals surface area contributed by atoms with Crippen molar-refractivity contribution in [1.82, 2.24) is 9.80 Å². The van der Waals surface area contributed by atoms with Crippen molar-refractivity contribution >= 4 is 23.6 Å². The fourth-order valence-electron chi connectivity index (χ4n) is 3.39. The molecule has 2 rings (SSSR count). The molecule has 0 spiro atoms. The fraction of sp³-hybridized carbons (Fsp3) is 0.545. The molecule has 2 amide bonds. The van der Waals surface area contributed by atoms with Gasteiger partial charge in [-0.25, -0.2) is 0 Å². The first-order valence-corrected chi connectivity index (χ1v) is 10.2. The number of ketones is 1. The average molecular weight is 418 g/mol. The monoisotopic (exact) mass is 418 g/mol. The summed E-state index contributed by atoms with van der Waals surface area (Å²) < 4.78 is 10.7. The Bertz CT molecular complexity index is 794. The average Bonchev–Trinajstić information content (AvgIpc) is 2.73. The van der Waals surface area contributed by atoms with Gasteiger partial charge in [0.05, 0.1) is 19.1 Å². The Hall–Kier alpha value is -2.90. The van der Waals surface area contributed by atoms with E-state index < -0.39 is 6.10 Å². The van der Waals surface area contributed by atoms with Crippen LogP contribution >= 0.6 is 0 Å². The molecule has 0 radical (unpaired) electrons. The van der Waals surface area contributed by atoms with Crippen molar-refractivity contribution in [3.8, 4) is 5.75 Å². The Balaban J connectivity index is 1.91. The lowest BCUT2D eigenvalue weighted by Gasteiger charge is -2.33. The summed E-state index contributed by atoms with van der Waals surface area (Å²) in [7, 11) is 1.54. The standard InChI is InChI=1S/C22H30N2O6/c1-5-29-22(28)18-9-7-11-24(13-18)20(26)14-23(4)21(27)16(3)30-19-10-6-8-17(12-19)15(2)25/h6,8,10,12,16,18H,5,7,9,11,13-14H2,1-4H3. The number of hydrogen-bond donors (Lipinski definition) is 0. The minimum Gasteiger partial charge on any atom is -0.481 e. The number of likely N-dealkylation sites (tertiary alicyclic amines) is 1. The van der Waals surface area contributed by atoms with Crippen LogP contribution in [-0.2, 0) is 19.1 Å². The maximum Gasteiger partial charge on any atom is 0.310 e. The van der Waals surface area contributed by atoms with Crippen molar-refractivity contribution in [1.29, 1.82) is 0 Å². The van der Waals surface area contributed by atoms with Crippen LogP contribution in [0.4, 0.5) is 0 Å². The van der Waals surface area contributed by atoms with Gasteiger partial charge in [-0.15, -0.1) is 0 Å². The van der Waals surface area contributed by atoms with Crippen molar-refractivity contribution in [2.75, 3.05) is 33.3 Å². The number of esters is 1. The Morgan fingerprint density at radius 2 is 2.00 bits per heavy atom. The molecule has 0 saturated carbocycles. The quantitative estimate of drug-likeness (QED) is 0.473. The van der Waals surface area contributed by atoms with Crippen molar-refractivity contribution in [2.45, 2.75) is 39.7 Å². The number of likely N-dealkylation sites (N-methyl/N-ethyl adjacent to an activating group) is 1. The van der Waals surface area contributed by atoms with E-state index in [2.05, 4.69) is 0 Å². The SMILES string of the molecule is CCOC(=O)C1CCCN(C(=O)CN(C)C(=O)C(C)Oc2cccc(C(C)=O)c2)C1. The van der Waals surface area contributed by atoms with Gasteiger partial charge < -0.3 is 19.3 Å². The van der Waals surface area contributed by atoms with Gasteiger partial charge in [0.1, 0.15) is 5.75 Å². The first kappa shape index (κ1) is 23.4. The van der Waals surface area contributed by atoms with E-state index >= 15 is 0 Å². The normalized spacial score (nSPS) is 17.1. The number of Topliss-reactive ketones (excluding diaryl/α,β-unsaturated/α-hetero) is 1. The summed E-state index contributed by atoms with van der Waals surface area (Å²) in [6.45, 7) is 5.89. The first-order chi connectivity index (χ1) is 14.2. The van der Waals surface area contributed by atoms with Crippen molar-refractivity contribution < 1.29 is 28.7 Å². The van der Waals surface area contributed by atoms with Gasteiger partial charge in [0.25, 0.3) is 5.91 Å². The minimum atomic E-state index is -0.821. The van der Waals surface area contributed by atoms with Gasteiger partial charge in [-0.05, 0) is 45.7 Å². The number of rotatable bonds is 8.